The molecule has 0 bridgehead atoms. The third-order valence-electron chi connectivity index (χ3n) is 8.15. The van der Waals surface area contributed by atoms with Crippen molar-refractivity contribution >= 4 is 46.2 Å². The van der Waals surface area contributed by atoms with Crippen molar-refractivity contribution in [2.45, 2.75) is 89.1 Å². The van der Waals surface area contributed by atoms with E-state index in [0.717, 1.165) is 74.2 Å². The molecule has 28 heavy (non-hydrogen) atoms. The highest BCUT2D eigenvalue weighted by atomic mass is 32.1. The average Bonchev–Trinajstić information content (AvgIpc) is 3.14. The quantitative estimate of drug-likeness (QED) is 0.629. The van der Waals surface area contributed by atoms with Gasteiger partial charge in [0.1, 0.15) is 0 Å². The van der Waals surface area contributed by atoms with Gasteiger partial charge in [0, 0.05) is 35.8 Å². The van der Waals surface area contributed by atoms with E-state index in [-0.39, 0.29) is 35.7 Å². The molecule has 2 saturated heterocycles. The largest absolute Gasteiger partial charge is 0.303 e. The van der Waals surface area contributed by atoms with Gasteiger partial charge in [0.25, 0.3) is 0 Å². The van der Waals surface area contributed by atoms with E-state index in [1.807, 2.05) is 9.80 Å². The van der Waals surface area contributed by atoms with E-state index in [2.05, 4.69) is 0 Å². The van der Waals surface area contributed by atoms with E-state index in [9.17, 15) is 9.59 Å². The Balaban J connectivity index is 1.26. The zero-order chi connectivity index (χ0) is 19.4. The maximum Gasteiger partial charge on any atom is 0.231 e. The number of amides is 2. The summed E-state index contributed by atoms with van der Waals surface area (Å²) in [5.74, 6) is 1.49. The second-order valence-corrected chi connectivity index (χ2v) is 10.4. The number of hydrogen-bond acceptors (Lipinski definition) is 4. The van der Waals surface area contributed by atoms with Gasteiger partial charge in [-0.15, -0.1) is 0 Å². The van der Waals surface area contributed by atoms with Crippen molar-refractivity contribution in [2.24, 2.45) is 23.7 Å². The Morgan fingerprint density at radius 2 is 0.857 bits per heavy atom. The molecule has 5 rings (SSSR count). The van der Waals surface area contributed by atoms with Crippen LogP contribution in [0.15, 0.2) is 0 Å². The fraction of sp³-hybridized carbons (Fsp3) is 0.818. The Bertz CT molecular complexity index is 607. The normalized spacial score (nSPS) is 41.4. The summed E-state index contributed by atoms with van der Waals surface area (Å²) >= 11 is 11.5. The first-order valence-corrected chi connectivity index (χ1v) is 12.1. The summed E-state index contributed by atoms with van der Waals surface area (Å²) < 4.78 is 0. The molecule has 0 radical (unpaired) electrons. The minimum Gasteiger partial charge on any atom is -0.303 e. The predicted molar refractivity (Wildman–Crippen MR) is 116 cm³/mol. The van der Waals surface area contributed by atoms with Crippen molar-refractivity contribution in [2.75, 3.05) is 0 Å². The SMILES string of the molecule is O=C1C2CCCCC2C(=S)N1C1CCC(N2C(=O)C3CCCCC3C2=S)CC1. The molecule has 0 N–H and O–H groups in total. The van der Waals surface area contributed by atoms with Crippen LogP contribution in [-0.4, -0.2) is 43.7 Å². The third-order valence-corrected chi connectivity index (χ3v) is 9.15. The van der Waals surface area contributed by atoms with Gasteiger partial charge in [0.05, 0.1) is 9.98 Å². The van der Waals surface area contributed by atoms with Crippen LogP contribution in [-0.2, 0) is 9.59 Å². The Labute approximate surface area is 178 Å². The Morgan fingerprint density at radius 1 is 0.536 bits per heavy atom. The van der Waals surface area contributed by atoms with Gasteiger partial charge in [0.15, 0.2) is 0 Å². The van der Waals surface area contributed by atoms with Gasteiger partial charge in [0.2, 0.25) is 11.8 Å². The molecule has 0 aromatic carbocycles. The van der Waals surface area contributed by atoms with Gasteiger partial charge in [-0.1, -0.05) is 50.1 Å². The number of nitrogens with zero attached hydrogens (tertiary/aromatic N) is 2. The van der Waals surface area contributed by atoms with Crippen LogP contribution >= 0.6 is 24.4 Å². The second-order valence-electron chi connectivity index (χ2n) is 9.55. The highest BCUT2D eigenvalue weighted by Crippen LogP contribution is 2.44. The maximum absolute atomic E-state index is 13.0. The third kappa shape index (κ3) is 2.89. The number of rotatable bonds is 2. The number of likely N-dealkylation sites (tertiary alicyclic amines) is 2. The molecule has 0 aromatic rings. The van der Waals surface area contributed by atoms with Crippen molar-refractivity contribution in [1.29, 1.82) is 0 Å². The summed E-state index contributed by atoms with van der Waals surface area (Å²) in [6, 6.07) is 0.464. The van der Waals surface area contributed by atoms with Gasteiger partial charge in [-0.2, -0.15) is 0 Å². The standard InChI is InChI=1S/C22H30N2O2S2/c25-19-15-5-1-3-7-17(15)21(27)23(19)13-9-11-14(12-10-13)24-20(26)16-6-2-4-8-18(16)22(24)28/h13-18H,1-12H2. The van der Waals surface area contributed by atoms with Crippen LogP contribution in [0, 0.1) is 23.7 Å². The molecule has 3 aliphatic carbocycles. The van der Waals surface area contributed by atoms with E-state index in [1.165, 1.54) is 12.8 Å². The first-order valence-electron chi connectivity index (χ1n) is 11.3. The smallest absolute Gasteiger partial charge is 0.231 e. The van der Waals surface area contributed by atoms with Crippen LogP contribution in [0.5, 0.6) is 0 Å². The number of carbonyl (C=O) groups excluding carboxylic acids is 2. The first kappa shape index (κ1) is 19.1. The van der Waals surface area contributed by atoms with Gasteiger partial charge < -0.3 is 9.80 Å². The van der Waals surface area contributed by atoms with E-state index in [1.54, 1.807) is 0 Å². The zero-order valence-electron chi connectivity index (χ0n) is 16.5. The van der Waals surface area contributed by atoms with Crippen LogP contribution in [0.4, 0.5) is 0 Å². The van der Waals surface area contributed by atoms with E-state index in [4.69, 9.17) is 24.4 Å². The fourth-order valence-electron chi connectivity index (χ4n) is 6.67. The van der Waals surface area contributed by atoms with E-state index >= 15 is 0 Å². The molecule has 2 amide bonds. The Hall–Kier alpha value is -0.880. The molecule has 0 spiro atoms. The number of hydrogen-bond donors (Lipinski definition) is 0. The number of carbonyl (C=O) groups is 2. The van der Waals surface area contributed by atoms with Crippen molar-refractivity contribution in [1.82, 2.24) is 9.80 Å². The van der Waals surface area contributed by atoms with Gasteiger partial charge >= 0.3 is 0 Å². The molecule has 5 aliphatic rings. The summed E-state index contributed by atoms with van der Waals surface area (Å²) in [7, 11) is 0. The monoisotopic (exact) mass is 418 g/mol. The topological polar surface area (TPSA) is 40.6 Å². The van der Waals surface area contributed by atoms with Crippen molar-refractivity contribution in [3.63, 3.8) is 0 Å². The molecule has 2 heterocycles. The zero-order valence-corrected chi connectivity index (χ0v) is 18.1. The minimum atomic E-state index is 0.148. The van der Waals surface area contributed by atoms with Crippen LogP contribution in [0.3, 0.4) is 0 Å². The Morgan fingerprint density at radius 3 is 1.18 bits per heavy atom. The second kappa shape index (κ2) is 7.42. The lowest BCUT2D eigenvalue weighted by atomic mass is 9.81. The Kier molecular flexibility index (Phi) is 5.07. The highest BCUT2D eigenvalue weighted by molar-refractivity contribution is 7.80. The number of thiocarbonyl (C=S) groups is 2. The van der Waals surface area contributed by atoms with Gasteiger partial charge in [-0.3, -0.25) is 9.59 Å². The first-order chi connectivity index (χ1) is 13.6. The molecule has 4 nitrogen and oxygen atoms in total. The van der Waals surface area contributed by atoms with Gasteiger partial charge in [-0.05, 0) is 51.4 Å². The summed E-state index contributed by atoms with van der Waals surface area (Å²) in [4.78, 5) is 31.8. The van der Waals surface area contributed by atoms with Crippen molar-refractivity contribution < 1.29 is 9.59 Å². The molecular formula is C22H30N2O2S2. The summed E-state index contributed by atoms with van der Waals surface area (Å²) in [6.45, 7) is 0. The molecule has 3 saturated carbocycles. The summed E-state index contributed by atoms with van der Waals surface area (Å²) in [5, 5.41) is 0. The molecule has 0 aromatic heterocycles. The summed E-state index contributed by atoms with van der Waals surface area (Å²) in [5.41, 5.74) is 0. The highest BCUT2D eigenvalue weighted by Gasteiger charge is 2.51. The van der Waals surface area contributed by atoms with Crippen LogP contribution < -0.4 is 0 Å². The lowest BCUT2D eigenvalue weighted by Crippen LogP contribution is -2.47. The van der Waals surface area contributed by atoms with Crippen LogP contribution in [0.1, 0.15) is 77.0 Å². The molecular weight excluding hydrogens is 388 g/mol. The lowest BCUT2D eigenvalue weighted by molar-refractivity contribution is -0.134. The van der Waals surface area contributed by atoms with Gasteiger partial charge in [-0.25, -0.2) is 0 Å². The molecule has 6 heteroatoms. The predicted octanol–water partition coefficient (Wildman–Crippen LogP) is 4.25. The molecule has 4 atom stereocenters. The molecule has 152 valence electrons. The summed E-state index contributed by atoms with van der Waals surface area (Å²) in [6.07, 6.45) is 12.7. The minimum absolute atomic E-state index is 0.148. The van der Waals surface area contributed by atoms with E-state index in [0.29, 0.717) is 11.8 Å². The van der Waals surface area contributed by atoms with Crippen molar-refractivity contribution in [3.8, 4) is 0 Å². The molecule has 5 fully saturated rings. The number of fused-ring (bicyclic) bond motifs is 2. The van der Waals surface area contributed by atoms with E-state index < -0.39 is 0 Å². The fourth-order valence-corrected chi connectivity index (χ4v) is 7.71. The van der Waals surface area contributed by atoms with Crippen LogP contribution in [0.25, 0.3) is 0 Å². The average molecular weight is 419 g/mol. The molecule has 4 unspecified atom stereocenters. The van der Waals surface area contributed by atoms with Crippen LogP contribution in [0.2, 0.25) is 0 Å². The lowest BCUT2D eigenvalue weighted by Gasteiger charge is -2.38. The molecule has 2 aliphatic heterocycles. The van der Waals surface area contributed by atoms with Crippen molar-refractivity contribution in [3.05, 3.63) is 0 Å². The maximum atomic E-state index is 13.0.